The summed E-state index contributed by atoms with van der Waals surface area (Å²) in [7, 11) is 0. The second-order valence-corrected chi connectivity index (χ2v) is 5.12. The molecule has 0 spiro atoms. The van der Waals surface area contributed by atoms with Gasteiger partial charge in [0.05, 0.1) is 12.7 Å². The van der Waals surface area contributed by atoms with Gasteiger partial charge < -0.3 is 4.74 Å². The Morgan fingerprint density at radius 1 is 1.60 bits per heavy atom. The quantitative estimate of drug-likeness (QED) is 0.627. The van der Waals surface area contributed by atoms with E-state index in [1.165, 1.54) is 5.57 Å². The van der Waals surface area contributed by atoms with Gasteiger partial charge in [-0.15, -0.1) is 6.58 Å². The van der Waals surface area contributed by atoms with E-state index in [4.69, 9.17) is 4.74 Å². The van der Waals surface area contributed by atoms with E-state index in [1.54, 1.807) is 0 Å². The Morgan fingerprint density at radius 2 is 2.33 bits per heavy atom. The van der Waals surface area contributed by atoms with Crippen LogP contribution in [0, 0.1) is 17.3 Å². The Hall–Kier alpha value is -0.820. The summed E-state index contributed by atoms with van der Waals surface area (Å²) in [6.45, 7) is 11.4. The first-order valence-corrected chi connectivity index (χ1v) is 5.73. The van der Waals surface area contributed by atoms with Crippen molar-refractivity contribution in [1.29, 1.82) is 0 Å². The molecule has 0 N–H and O–H groups in total. The molecule has 1 aliphatic carbocycles. The normalized spacial score (nSPS) is 39.1. The zero-order valence-corrected chi connectivity index (χ0v) is 9.86. The lowest BCUT2D eigenvalue weighted by molar-refractivity contribution is 0.113. The summed E-state index contributed by atoms with van der Waals surface area (Å²) >= 11 is 0. The third kappa shape index (κ3) is 1.59. The predicted octanol–water partition coefficient (Wildman–Crippen LogP) is 3.35. The number of hydrogen-bond acceptors (Lipinski definition) is 1. The molecule has 1 heteroatoms. The van der Waals surface area contributed by atoms with Crippen molar-refractivity contribution in [3.8, 4) is 0 Å². The molecule has 0 saturated carbocycles. The molecule has 0 amide bonds. The molecule has 0 aromatic rings. The van der Waals surface area contributed by atoms with Crippen molar-refractivity contribution < 1.29 is 4.74 Å². The van der Waals surface area contributed by atoms with Crippen molar-refractivity contribution in [3.63, 3.8) is 0 Å². The van der Waals surface area contributed by atoms with Gasteiger partial charge >= 0.3 is 0 Å². The Kier molecular flexibility index (Phi) is 2.59. The number of rotatable bonds is 2. The van der Waals surface area contributed by atoms with Crippen LogP contribution in [0.25, 0.3) is 0 Å². The van der Waals surface area contributed by atoms with Gasteiger partial charge in [0.1, 0.15) is 0 Å². The molecule has 3 atom stereocenters. The monoisotopic (exact) mass is 204 g/mol. The molecule has 1 heterocycles. The zero-order valence-electron chi connectivity index (χ0n) is 9.86. The average molecular weight is 204 g/mol. The lowest BCUT2D eigenvalue weighted by atomic mass is 9.70. The van der Waals surface area contributed by atoms with Gasteiger partial charge in [-0.05, 0) is 11.5 Å². The summed E-state index contributed by atoms with van der Waals surface area (Å²) in [6.07, 6.45) is 9.05. The second kappa shape index (κ2) is 3.64. The maximum Gasteiger partial charge on any atom is 0.0848 e. The summed E-state index contributed by atoms with van der Waals surface area (Å²) in [5.41, 5.74) is 1.56. The van der Waals surface area contributed by atoms with Crippen LogP contribution in [0.3, 0.4) is 0 Å². The maximum absolute atomic E-state index is 5.77. The molecular formula is C14H20O. The fourth-order valence-electron chi connectivity index (χ4n) is 2.49. The first-order valence-electron chi connectivity index (χ1n) is 5.73. The molecule has 1 nitrogen and oxygen atoms in total. The first kappa shape index (κ1) is 10.7. The molecular weight excluding hydrogens is 184 g/mol. The van der Waals surface area contributed by atoms with Crippen LogP contribution in [0.2, 0.25) is 0 Å². The van der Waals surface area contributed by atoms with Crippen LogP contribution in [-0.2, 0) is 4.74 Å². The van der Waals surface area contributed by atoms with E-state index < -0.39 is 0 Å². The lowest BCUT2D eigenvalue weighted by Gasteiger charge is -2.32. The van der Waals surface area contributed by atoms with Gasteiger partial charge in [0.2, 0.25) is 0 Å². The van der Waals surface area contributed by atoms with Gasteiger partial charge in [-0.25, -0.2) is 0 Å². The molecule has 1 saturated heterocycles. The van der Waals surface area contributed by atoms with Crippen LogP contribution in [0.5, 0.6) is 0 Å². The van der Waals surface area contributed by atoms with Crippen LogP contribution in [0.4, 0.5) is 0 Å². The average Bonchev–Trinajstić information content (AvgIpc) is 2.53. The largest absolute Gasteiger partial charge is 0.373 e. The summed E-state index contributed by atoms with van der Waals surface area (Å²) in [4.78, 5) is 0. The third-order valence-corrected chi connectivity index (χ3v) is 3.78. The zero-order chi connectivity index (χ0) is 11.1. The molecule has 0 aromatic heterocycles. The second-order valence-electron chi connectivity index (χ2n) is 5.12. The highest BCUT2D eigenvalue weighted by Crippen LogP contribution is 2.45. The highest BCUT2D eigenvalue weighted by molar-refractivity contribution is 5.33. The first-order chi connectivity index (χ1) is 7.08. The van der Waals surface area contributed by atoms with Gasteiger partial charge in [-0.2, -0.15) is 0 Å². The highest BCUT2D eigenvalue weighted by atomic mass is 16.5. The summed E-state index contributed by atoms with van der Waals surface area (Å²) in [5.74, 6) is 1.12. The smallest absolute Gasteiger partial charge is 0.0848 e. The van der Waals surface area contributed by atoms with E-state index >= 15 is 0 Å². The predicted molar refractivity (Wildman–Crippen MR) is 63.6 cm³/mol. The van der Waals surface area contributed by atoms with E-state index in [9.17, 15) is 0 Å². The van der Waals surface area contributed by atoms with Crippen molar-refractivity contribution in [2.24, 2.45) is 17.3 Å². The number of fused-ring (bicyclic) bond motifs is 1. The van der Waals surface area contributed by atoms with Crippen molar-refractivity contribution in [2.75, 3.05) is 6.61 Å². The van der Waals surface area contributed by atoms with Gasteiger partial charge in [-0.1, -0.05) is 45.1 Å². The summed E-state index contributed by atoms with van der Waals surface area (Å²) in [6, 6.07) is 0. The molecule has 0 aromatic carbocycles. The summed E-state index contributed by atoms with van der Waals surface area (Å²) in [5, 5.41) is 0. The molecule has 0 radical (unpaired) electrons. The van der Waals surface area contributed by atoms with E-state index in [0.717, 1.165) is 6.61 Å². The van der Waals surface area contributed by atoms with E-state index in [1.807, 2.05) is 6.08 Å². The van der Waals surface area contributed by atoms with Gasteiger partial charge in [0, 0.05) is 11.3 Å². The molecule has 1 fully saturated rings. The van der Waals surface area contributed by atoms with Gasteiger partial charge in [0.15, 0.2) is 0 Å². The van der Waals surface area contributed by atoms with Crippen molar-refractivity contribution >= 4 is 0 Å². The van der Waals surface area contributed by atoms with Gasteiger partial charge in [0.25, 0.3) is 0 Å². The molecule has 2 aliphatic rings. The number of hydrogen-bond donors (Lipinski definition) is 0. The van der Waals surface area contributed by atoms with Crippen LogP contribution in [-0.4, -0.2) is 12.7 Å². The molecule has 0 unspecified atom stereocenters. The maximum atomic E-state index is 5.77. The van der Waals surface area contributed by atoms with Crippen LogP contribution < -0.4 is 0 Å². The Balaban J connectivity index is 2.28. The molecule has 1 aliphatic heterocycles. The molecule has 15 heavy (non-hydrogen) atoms. The minimum absolute atomic E-state index is 0.125. The minimum atomic E-state index is 0.125. The van der Waals surface area contributed by atoms with Crippen LogP contribution in [0.15, 0.2) is 36.5 Å². The lowest BCUT2D eigenvalue weighted by Crippen LogP contribution is -2.31. The molecule has 82 valence electrons. The number of allylic oxidation sites excluding steroid dienone is 2. The molecule has 2 rings (SSSR count). The van der Waals surface area contributed by atoms with Crippen LogP contribution in [0.1, 0.15) is 20.8 Å². The highest BCUT2D eigenvalue weighted by Gasteiger charge is 2.45. The van der Waals surface area contributed by atoms with E-state index in [2.05, 4.69) is 45.6 Å². The van der Waals surface area contributed by atoms with Crippen molar-refractivity contribution in [1.82, 2.24) is 0 Å². The minimum Gasteiger partial charge on any atom is -0.373 e. The third-order valence-electron chi connectivity index (χ3n) is 3.78. The fraction of sp³-hybridized carbons (Fsp3) is 0.571. The standard InChI is InChI=1S/C14H20O/c1-5-13-14(4)7-6-11(10(2)3)8-12(14)9-15-13/h5-8,10,12-13H,1,9H2,2-4H3/t12-,13-,14-/m1/s1. The van der Waals surface area contributed by atoms with Gasteiger partial charge in [-0.3, -0.25) is 0 Å². The summed E-state index contributed by atoms with van der Waals surface area (Å²) < 4.78 is 5.77. The van der Waals surface area contributed by atoms with Crippen molar-refractivity contribution in [2.45, 2.75) is 26.9 Å². The van der Waals surface area contributed by atoms with Crippen LogP contribution >= 0.6 is 0 Å². The van der Waals surface area contributed by atoms with Crippen molar-refractivity contribution in [3.05, 3.63) is 36.5 Å². The Morgan fingerprint density at radius 3 is 2.93 bits per heavy atom. The Labute approximate surface area is 92.5 Å². The molecule has 0 bridgehead atoms. The number of ether oxygens (including phenoxy) is 1. The van der Waals surface area contributed by atoms with E-state index in [0.29, 0.717) is 11.8 Å². The SMILES string of the molecule is C=C[C@H]1OC[C@H]2C=C(C(C)C)C=C[C@]21C. The topological polar surface area (TPSA) is 9.23 Å². The fourth-order valence-corrected chi connectivity index (χ4v) is 2.49. The van der Waals surface area contributed by atoms with E-state index in [-0.39, 0.29) is 11.5 Å². The Bertz CT molecular complexity index is 324.